The van der Waals surface area contributed by atoms with Gasteiger partial charge in [0.15, 0.2) is 0 Å². The number of carbonyl (C=O) groups is 2. The van der Waals surface area contributed by atoms with E-state index in [1.165, 1.54) is 18.3 Å². The van der Waals surface area contributed by atoms with Crippen molar-refractivity contribution in [3.8, 4) is 6.07 Å². The molecule has 0 aromatic carbocycles. The Morgan fingerprint density at radius 1 is 1.30 bits per heavy atom. The van der Waals surface area contributed by atoms with Crippen LogP contribution in [-0.2, 0) is 4.79 Å². The summed E-state index contributed by atoms with van der Waals surface area (Å²) in [6.07, 6.45) is 4.54. The van der Waals surface area contributed by atoms with Crippen molar-refractivity contribution in [1.82, 2.24) is 15.2 Å². The second-order valence-electron chi connectivity index (χ2n) is 4.67. The van der Waals surface area contributed by atoms with Crippen LogP contribution in [-0.4, -0.2) is 41.3 Å². The molecule has 1 aromatic rings. The van der Waals surface area contributed by atoms with E-state index in [1.54, 1.807) is 4.90 Å². The molecule has 1 fully saturated rings. The number of nitrogens with one attached hydrogen (secondary N) is 1. The maximum Gasteiger partial charge on any atom is 0.270 e. The highest BCUT2D eigenvalue weighted by molar-refractivity contribution is 5.94. The first kappa shape index (κ1) is 14.0. The van der Waals surface area contributed by atoms with Crippen molar-refractivity contribution in [2.45, 2.75) is 19.3 Å². The molecule has 0 unspecified atom stereocenters. The summed E-state index contributed by atoms with van der Waals surface area (Å²) in [5.41, 5.74) is 0.599. The van der Waals surface area contributed by atoms with Crippen molar-refractivity contribution in [3.05, 3.63) is 29.6 Å². The molecule has 1 aromatic heterocycles. The van der Waals surface area contributed by atoms with E-state index in [0.29, 0.717) is 5.56 Å². The molecule has 0 spiro atoms. The minimum Gasteiger partial charge on any atom is -0.342 e. The van der Waals surface area contributed by atoms with E-state index in [1.807, 2.05) is 6.07 Å². The molecular weight excluding hydrogens is 256 g/mol. The minimum atomic E-state index is -0.403. The van der Waals surface area contributed by atoms with Gasteiger partial charge in [0.25, 0.3) is 5.91 Å². The first-order valence-corrected chi connectivity index (χ1v) is 6.63. The van der Waals surface area contributed by atoms with Gasteiger partial charge in [-0.25, -0.2) is 4.98 Å². The third-order valence-corrected chi connectivity index (χ3v) is 3.23. The Labute approximate surface area is 117 Å². The van der Waals surface area contributed by atoms with Crippen LogP contribution in [0, 0.1) is 11.3 Å². The number of amides is 2. The number of carbonyl (C=O) groups excluding carboxylic acids is 2. The van der Waals surface area contributed by atoms with Gasteiger partial charge in [-0.1, -0.05) is 0 Å². The lowest BCUT2D eigenvalue weighted by molar-refractivity contribution is -0.130. The fourth-order valence-corrected chi connectivity index (χ4v) is 2.10. The predicted octanol–water partition coefficient (Wildman–Crippen LogP) is 0.696. The molecule has 2 amide bonds. The molecule has 20 heavy (non-hydrogen) atoms. The molecule has 104 valence electrons. The van der Waals surface area contributed by atoms with E-state index in [4.69, 9.17) is 5.26 Å². The molecule has 6 heteroatoms. The second kappa shape index (κ2) is 6.66. The van der Waals surface area contributed by atoms with Crippen LogP contribution in [0.1, 0.15) is 35.3 Å². The molecule has 2 heterocycles. The molecule has 0 saturated carbocycles. The van der Waals surface area contributed by atoms with E-state index in [-0.39, 0.29) is 18.1 Å². The molecule has 2 rings (SSSR count). The Morgan fingerprint density at radius 3 is 2.65 bits per heavy atom. The first-order chi connectivity index (χ1) is 9.70. The second-order valence-corrected chi connectivity index (χ2v) is 4.67. The van der Waals surface area contributed by atoms with Gasteiger partial charge in [0.05, 0.1) is 12.1 Å². The number of aromatic nitrogens is 1. The van der Waals surface area contributed by atoms with Crippen LogP contribution in [0.3, 0.4) is 0 Å². The number of nitrogens with zero attached hydrogens (tertiary/aromatic N) is 3. The largest absolute Gasteiger partial charge is 0.342 e. The van der Waals surface area contributed by atoms with Gasteiger partial charge in [-0.05, 0) is 31.4 Å². The van der Waals surface area contributed by atoms with Gasteiger partial charge in [0.2, 0.25) is 5.91 Å². The van der Waals surface area contributed by atoms with Crippen molar-refractivity contribution >= 4 is 11.8 Å². The highest BCUT2D eigenvalue weighted by atomic mass is 16.2. The molecule has 1 N–H and O–H groups in total. The molecule has 0 atom stereocenters. The average molecular weight is 272 g/mol. The molecule has 0 bridgehead atoms. The topological polar surface area (TPSA) is 86.1 Å². The normalized spacial score (nSPS) is 14.4. The maximum absolute atomic E-state index is 11.9. The summed E-state index contributed by atoms with van der Waals surface area (Å²) in [4.78, 5) is 29.3. The van der Waals surface area contributed by atoms with Crippen LogP contribution < -0.4 is 5.32 Å². The highest BCUT2D eigenvalue weighted by Gasteiger charge is 2.17. The fourth-order valence-electron chi connectivity index (χ4n) is 2.10. The Bertz CT molecular complexity index is 527. The van der Waals surface area contributed by atoms with Crippen molar-refractivity contribution in [3.63, 3.8) is 0 Å². The Balaban J connectivity index is 1.84. The molecule has 1 aliphatic rings. The highest BCUT2D eigenvalue weighted by Crippen LogP contribution is 2.08. The van der Waals surface area contributed by atoms with Gasteiger partial charge >= 0.3 is 0 Å². The van der Waals surface area contributed by atoms with E-state index >= 15 is 0 Å². The maximum atomic E-state index is 11.9. The van der Waals surface area contributed by atoms with Crippen LogP contribution in [0.15, 0.2) is 18.3 Å². The monoisotopic (exact) mass is 272 g/mol. The number of piperidine rings is 1. The Kier molecular flexibility index (Phi) is 4.66. The van der Waals surface area contributed by atoms with Crippen molar-refractivity contribution < 1.29 is 9.59 Å². The predicted molar refractivity (Wildman–Crippen MR) is 71.7 cm³/mol. The lowest BCUT2D eigenvalue weighted by atomic mass is 10.1. The van der Waals surface area contributed by atoms with Gasteiger partial charge in [-0.3, -0.25) is 9.59 Å². The quantitative estimate of drug-likeness (QED) is 0.877. The summed E-state index contributed by atoms with van der Waals surface area (Å²) in [5, 5.41) is 11.2. The van der Waals surface area contributed by atoms with Gasteiger partial charge in [-0.15, -0.1) is 0 Å². The zero-order valence-corrected chi connectivity index (χ0v) is 11.1. The number of pyridine rings is 1. The van der Waals surface area contributed by atoms with Crippen LogP contribution in [0.5, 0.6) is 0 Å². The fraction of sp³-hybridized carbons (Fsp3) is 0.429. The first-order valence-electron chi connectivity index (χ1n) is 6.63. The summed E-state index contributed by atoms with van der Waals surface area (Å²) in [7, 11) is 0. The molecule has 6 nitrogen and oxygen atoms in total. The summed E-state index contributed by atoms with van der Waals surface area (Å²) >= 11 is 0. The standard InChI is InChI=1S/C14H16N4O2/c15-8-11-4-5-12(16-9-11)14(20)17-10-13(19)18-6-2-1-3-7-18/h4-5,9H,1-3,6-7,10H2,(H,17,20). The lowest BCUT2D eigenvalue weighted by Crippen LogP contribution is -2.42. The number of hydrogen-bond acceptors (Lipinski definition) is 4. The van der Waals surface area contributed by atoms with Crippen LogP contribution in [0.2, 0.25) is 0 Å². The molecular formula is C14H16N4O2. The SMILES string of the molecule is N#Cc1ccc(C(=O)NCC(=O)N2CCCCC2)nc1. The van der Waals surface area contributed by atoms with E-state index in [9.17, 15) is 9.59 Å². The van der Waals surface area contributed by atoms with Crippen molar-refractivity contribution in [2.75, 3.05) is 19.6 Å². The van der Waals surface area contributed by atoms with Crippen LogP contribution in [0.4, 0.5) is 0 Å². The zero-order chi connectivity index (χ0) is 14.4. The van der Waals surface area contributed by atoms with E-state index in [2.05, 4.69) is 10.3 Å². The van der Waals surface area contributed by atoms with Crippen molar-refractivity contribution in [1.29, 1.82) is 5.26 Å². The average Bonchev–Trinajstić information content (AvgIpc) is 2.53. The summed E-state index contributed by atoms with van der Waals surface area (Å²) in [6, 6.07) is 4.93. The van der Waals surface area contributed by atoms with E-state index in [0.717, 1.165) is 32.4 Å². The zero-order valence-electron chi connectivity index (χ0n) is 11.1. The smallest absolute Gasteiger partial charge is 0.270 e. The molecule has 0 radical (unpaired) electrons. The minimum absolute atomic E-state index is 0.0134. The third-order valence-electron chi connectivity index (χ3n) is 3.23. The van der Waals surface area contributed by atoms with E-state index < -0.39 is 5.91 Å². The number of nitriles is 1. The molecule has 0 aliphatic carbocycles. The third kappa shape index (κ3) is 3.54. The van der Waals surface area contributed by atoms with Crippen LogP contribution in [0.25, 0.3) is 0 Å². The summed E-state index contributed by atoms with van der Waals surface area (Å²) in [5.74, 6) is -0.466. The Hall–Kier alpha value is -2.42. The van der Waals surface area contributed by atoms with Gasteiger partial charge < -0.3 is 10.2 Å². The lowest BCUT2D eigenvalue weighted by Gasteiger charge is -2.26. The number of rotatable bonds is 3. The number of likely N-dealkylation sites (tertiary alicyclic amines) is 1. The molecule has 1 saturated heterocycles. The van der Waals surface area contributed by atoms with Gasteiger partial charge in [0.1, 0.15) is 11.8 Å². The van der Waals surface area contributed by atoms with Crippen LogP contribution >= 0.6 is 0 Å². The van der Waals surface area contributed by atoms with Gasteiger partial charge in [-0.2, -0.15) is 5.26 Å². The summed E-state index contributed by atoms with van der Waals surface area (Å²) in [6.45, 7) is 1.52. The molecule has 1 aliphatic heterocycles. The number of hydrogen-bond donors (Lipinski definition) is 1. The van der Waals surface area contributed by atoms with Crippen molar-refractivity contribution in [2.24, 2.45) is 0 Å². The van der Waals surface area contributed by atoms with Gasteiger partial charge in [0, 0.05) is 19.3 Å². The Morgan fingerprint density at radius 2 is 2.05 bits per heavy atom. The summed E-state index contributed by atoms with van der Waals surface area (Å²) < 4.78 is 0.